The van der Waals surface area contributed by atoms with Crippen LogP contribution in [-0.4, -0.2) is 17.0 Å². The predicted molar refractivity (Wildman–Crippen MR) is 74.2 cm³/mol. The smallest absolute Gasteiger partial charge is 0.303 e. The van der Waals surface area contributed by atoms with Gasteiger partial charge in [-0.05, 0) is 12.1 Å². The fourth-order valence-electron chi connectivity index (χ4n) is 1.94. The molecule has 0 aliphatic carbocycles. The van der Waals surface area contributed by atoms with Crippen molar-refractivity contribution in [3.63, 3.8) is 0 Å². The second-order valence-corrected chi connectivity index (χ2v) is 4.26. The van der Waals surface area contributed by atoms with Crippen LogP contribution in [0.4, 0.5) is 5.69 Å². The third-order valence-electron chi connectivity index (χ3n) is 2.88. The summed E-state index contributed by atoms with van der Waals surface area (Å²) in [6.07, 6.45) is -0.288. The van der Waals surface area contributed by atoms with E-state index in [1.165, 1.54) is 0 Å². The number of carboxylic acid groups (broad SMARTS) is 1. The summed E-state index contributed by atoms with van der Waals surface area (Å²) in [5.74, 6) is -1.37. The zero-order valence-electron chi connectivity index (χ0n) is 10.6. The predicted octanol–water partition coefficient (Wildman–Crippen LogP) is 2.51. The van der Waals surface area contributed by atoms with Crippen LogP contribution in [0.3, 0.4) is 0 Å². The minimum Gasteiger partial charge on any atom is -0.481 e. The maximum Gasteiger partial charge on any atom is 0.303 e. The molecule has 0 radical (unpaired) electrons. The minimum absolute atomic E-state index is 0.0797. The second kappa shape index (κ2) is 5.85. The van der Waals surface area contributed by atoms with Gasteiger partial charge in [0.2, 0.25) is 5.91 Å². The molecule has 2 N–H and O–H groups in total. The zero-order valence-corrected chi connectivity index (χ0v) is 10.6. The van der Waals surface area contributed by atoms with E-state index in [2.05, 4.69) is 11.4 Å². The quantitative estimate of drug-likeness (QED) is 0.891. The Morgan fingerprint density at radius 2 is 1.80 bits per heavy atom. The fraction of sp³-hybridized carbons (Fsp3) is 0.133. The van der Waals surface area contributed by atoms with E-state index in [1.54, 1.807) is 18.2 Å². The lowest BCUT2D eigenvalue weighted by molar-refractivity contribution is -0.138. The van der Waals surface area contributed by atoms with Crippen LogP contribution in [-0.2, 0) is 9.59 Å². The molecular formula is C15H12N2O3. The number of hydrogen-bond donors (Lipinski definition) is 2. The first kappa shape index (κ1) is 13.6. The molecule has 0 heterocycles. The zero-order chi connectivity index (χ0) is 14.5. The van der Waals surface area contributed by atoms with Gasteiger partial charge < -0.3 is 10.4 Å². The molecular weight excluding hydrogens is 256 g/mol. The summed E-state index contributed by atoms with van der Waals surface area (Å²) in [5.41, 5.74) is 1.11. The van der Waals surface area contributed by atoms with Crippen molar-refractivity contribution >= 4 is 28.3 Å². The monoisotopic (exact) mass is 268 g/mol. The number of hydrogen-bond acceptors (Lipinski definition) is 3. The Bertz CT molecular complexity index is 717. The molecule has 0 aliphatic heterocycles. The van der Waals surface area contributed by atoms with E-state index in [1.807, 2.05) is 18.2 Å². The van der Waals surface area contributed by atoms with Crippen molar-refractivity contribution in [1.82, 2.24) is 0 Å². The molecule has 0 aromatic heterocycles. The lowest BCUT2D eigenvalue weighted by Crippen LogP contribution is -2.13. The molecule has 0 spiro atoms. The van der Waals surface area contributed by atoms with E-state index in [0.29, 0.717) is 11.3 Å². The highest BCUT2D eigenvalue weighted by Crippen LogP contribution is 2.26. The van der Waals surface area contributed by atoms with Gasteiger partial charge in [0.1, 0.15) is 0 Å². The number of carbonyl (C=O) groups excluding carboxylic acids is 1. The van der Waals surface area contributed by atoms with Gasteiger partial charge in [-0.2, -0.15) is 5.26 Å². The molecule has 1 amide bonds. The molecule has 0 fully saturated rings. The van der Waals surface area contributed by atoms with E-state index >= 15 is 0 Å². The average Bonchev–Trinajstić information content (AvgIpc) is 2.45. The number of nitrogens with zero attached hydrogens (tertiary/aromatic N) is 1. The Labute approximate surface area is 115 Å². The van der Waals surface area contributed by atoms with Crippen LogP contribution in [0, 0.1) is 11.3 Å². The SMILES string of the molecule is N#Cc1ccc(NC(=O)CCC(=O)O)c2ccccc12. The van der Waals surface area contributed by atoms with Gasteiger partial charge in [-0.15, -0.1) is 0 Å². The molecule has 20 heavy (non-hydrogen) atoms. The number of carboxylic acids is 1. The first-order valence-electron chi connectivity index (χ1n) is 6.05. The van der Waals surface area contributed by atoms with Gasteiger partial charge in [0.25, 0.3) is 0 Å². The highest BCUT2D eigenvalue weighted by atomic mass is 16.4. The summed E-state index contributed by atoms with van der Waals surface area (Å²) in [6, 6.07) is 12.6. The van der Waals surface area contributed by atoms with Crippen molar-refractivity contribution in [2.24, 2.45) is 0 Å². The number of nitrogens with one attached hydrogen (secondary N) is 1. The highest BCUT2D eigenvalue weighted by Gasteiger charge is 2.09. The summed E-state index contributed by atoms with van der Waals surface area (Å²) in [7, 11) is 0. The number of nitriles is 1. The van der Waals surface area contributed by atoms with E-state index in [4.69, 9.17) is 10.4 Å². The van der Waals surface area contributed by atoms with Crippen LogP contribution in [0.15, 0.2) is 36.4 Å². The molecule has 5 heteroatoms. The van der Waals surface area contributed by atoms with Gasteiger partial charge in [0.15, 0.2) is 0 Å². The van der Waals surface area contributed by atoms with Crippen LogP contribution in [0.5, 0.6) is 0 Å². The van der Waals surface area contributed by atoms with Crippen molar-refractivity contribution in [1.29, 1.82) is 5.26 Å². The van der Waals surface area contributed by atoms with Crippen LogP contribution < -0.4 is 5.32 Å². The second-order valence-electron chi connectivity index (χ2n) is 4.26. The van der Waals surface area contributed by atoms with Gasteiger partial charge in [-0.25, -0.2) is 0 Å². The molecule has 5 nitrogen and oxygen atoms in total. The third-order valence-corrected chi connectivity index (χ3v) is 2.88. The molecule has 100 valence electrons. The minimum atomic E-state index is -1.01. The first-order chi connectivity index (χ1) is 9.61. The maximum absolute atomic E-state index is 11.7. The van der Waals surface area contributed by atoms with Crippen molar-refractivity contribution in [2.75, 3.05) is 5.32 Å². The Morgan fingerprint density at radius 3 is 2.45 bits per heavy atom. The van der Waals surface area contributed by atoms with E-state index in [9.17, 15) is 9.59 Å². The van der Waals surface area contributed by atoms with E-state index in [-0.39, 0.29) is 18.7 Å². The van der Waals surface area contributed by atoms with Gasteiger partial charge in [-0.1, -0.05) is 24.3 Å². The molecule has 2 aromatic rings. The summed E-state index contributed by atoms with van der Waals surface area (Å²) >= 11 is 0. The maximum atomic E-state index is 11.7. The third kappa shape index (κ3) is 2.93. The van der Waals surface area contributed by atoms with Gasteiger partial charge in [-0.3, -0.25) is 9.59 Å². The van der Waals surface area contributed by atoms with Crippen molar-refractivity contribution in [3.8, 4) is 6.07 Å². The molecule has 0 unspecified atom stereocenters. The first-order valence-corrected chi connectivity index (χ1v) is 6.05. The standard InChI is InChI=1S/C15H12N2O3/c16-9-10-5-6-13(12-4-2-1-3-11(10)12)17-14(18)7-8-15(19)20/h1-6H,7-8H2,(H,17,18)(H,19,20). The number of carbonyl (C=O) groups is 2. The summed E-state index contributed by atoms with van der Waals surface area (Å²) in [4.78, 5) is 22.1. The molecule has 0 aliphatic rings. The summed E-state index contributed by atoms with van der Waals surface area (Å²) < 4.78 is 0. The lowest BCUT2D eigenvalue weighted by atomic mass is 10.0. The number of benzene rings is 2. The molecule has 0 bridgehead atoms. The number of amides is 1. The van der Waals surface area contributed by atoms with Gasteiger partial charge in [0, 0.05) is 22.9 Å². The van der Waals surface area contributed by atoms with Crippen molar-refractivity contribution in [3.05, 3.63) is 42.0 Å². The average molecular weight is 268 g/mol. The van der Waals surface area contributed by atoms with Crippen LogP contribution >= 0.6 is 0 Å². The molecule has 2 aromatic carbocycles. The van der Waals surface area contributed by atoms with E-state index in [0.717, 1.165) is 10.8 Å². The number of anilines is 1. The van der Waals surface area contributed by atoms with Crippen LogP contribution in [0.25, 0.3) is 10.8 Å². The largest absolute Gasteiger partial charge is 0.481 e. The number of fused-ring (bicyclic) bond motifs is 1. The molecule has 0 saturated carbocycles. The van der Waals surface area contributed by atoms with Crippen molar-refractivity contribution < 1.29 is 14.7 Å². The highest BCUT2D eigenvalue weighted by molar-refractivity contribution is 6.04. The Balaban J connectivity index is 2.30. The Morgan fingerprint density at radius 1 is 1.10 bits per heavy atom. The van der Waals surface area contributed by atoms with Gasteiger partial charge in [0.05, 0.1) is 18.1 Å². The molecule has 0 saturated heterocycles. The Hall–Kier alpha value is -2.87. The number of aliphatic carboxylic acids is 1. The van der Waals surface area contributed by atoms with E-state index < -0.39 is 5.97 Å². The summed E-state index contributed by atoms with van der Waals surface area (Å²) in [6.45, 7) is 0. The lowest BCUT2D eigenvalue weighted by Gasteiger charge is -2.09. The van der Waals surface area contributed by atoms with Crippen LogP contribution in [0.1, 0.15) is 18.4 Å². The molecule has 2 rings (SSSR count). The summed E-state index contributed by atoms with van der Waals surface area (Å²) in [5, 5.41) is 21.8. The van der Waals surface area contributed by atoms with Gasteiger partial charge >= 0.3 is 5.97 Å². The Kier molecular flexibility index (Phi) is 3.96. The fourth-order valence-corrected chi connectivity index (χ4v) is 1.94. The normalized spacial score (nSPS) is 9.95. The van der Waals surface area contributed by atoms with Crippen molar-refractivity contribution in [2.45, 2.75) is 12.8 Å². The molecule has 0 atom stereocenters. The van der Waals surface area contributed by atoms with Crippen LogP contribution in [0.2, 0.25) is 0 Å². The number of rotatable bonds is 4. The topological polar surface area (TPSA) is 90.2 Å².